The summed E-state index contributed by atoms with van der Waals surface area (Å²) in [6.45, 7) is 1.89. The van der Waals surface area contributed by atoms with Crippen LogP contribution in [0.4, 0.5) is 0 Å². The second kappa shape index (κ2) is 13.0. The van der Waals surface area contributed by atoms with Crippen LogP contribution in [-0.4, -0.2) is 71.6 Å². The van der Waals surface area contributed by atoms with Crippen molar-refractivity contribution in [1.29, 1.82) is 0 Å². The molecule has 1 saturated carbocycles. The number of nitrogens with one attached hydrogen (secondary N) is 3. The van der Waals surface area contributed by atoms with Gasteiger partial charge in [0.05, 0.1) is 28.6 Å². The Kier molecular flexibility index (Phi) is 9.21. The minimum absolute atomic E-state index is 0.0434. The Balaban J connectivity index is 1.29. The molecule has 11 heteroatoms. The fourth-order valence-electron chi connectivity index (χ4n) is 6.53. The van der Waals surface area contributed by atoms with Crippen molar-refractivity contribution in [3.05, 3.63) is 29.3 Å². The van der Waals surface area contributed by atoms with Crippen LogP contribution in [0.1, 0.15) is 67.6 Å². The number of carbonyl (C=O) groups is 3. The predicted molar refractivity (Wildman–Crippen MR) is 152 cm³/mol. The molecule has 1 aromatic heterocycles. The average molecular weight is 554 g/mol. The lowest BCUT2D eigenvalue weighted by Crippen LogP contribution is -2.59. The van der Waals surface area contributed by atoms with Gasteiger partial charge in [0.15, 0.2) is 5.01 Å². The topological polar surface area (TPSA) is 142 Å². The van der Waals surface area contributed by atoms with Gasteiger partial charge in [-0.1, -0.05) is 31.4 Å². The number of thiazole rings is 1. The number of Topliss-reactive ketones (excluding diaryl/α,β-unsaturated/α-hetero) is 1. The van der Waals surface area contributed by atoms with E-state index in [0.717, 1.165) is 42.4 Å². The number of hydrogen-bond donors (Lipinski definition) is 4. The molecule has 3 aliphatic rings. The zero-order chi connectivity index (χ0) is 27.2. The Morgan fingerprint density at radius 3 is 2.87 bits per heavy atom. The number of rotatable bonds is 10. The molecular formula is C28H39N7O3S. The molecule has 1 aromatic carbocycles. The fourth-order valence-corrected chi connectivity index (χ4v) is 7.49. The van der Waals surface area contributed by atoms with E-state index in [0.29, 0.717) is 49.2 Å². The third-order valence-corrected chi connectivity index (χ3v) is 9.51. The number of benzene rings is 1. The molecule has 1 aliphatic carbocycles. The van der Waals surface area contributed by atoms with Crippen molar-refractivity contribution in [2.75, 3.05) is 19.6 Å². The molecule has 3 heterocycles. The molecule has 2 aliphatic heterocycles. The summed E-state index contributed by atoms with van der Waals surface area (Å²) in [4.78, 5) is 51.4. The van der Waals surface area contributed by atoms with Gasteiger partial charge >= 0.3 is 0 Å². The molecule has 210 valence electrons. The third kappa shape index (κ3) is 6.31. The van der Waals surface area contributed by atoms with Crippen LogP contribution in [0.5, 0.6) is 0 Å². The van der Waals surface area contributed by atoms with E-state index in [2.05, 4.69) is 26.0 Å². The lowest BCUT2D eigenvalue weighted by molar-refractivity contribution is -0.142. The highest BCUT2D eigenvalue weighted by atomic mass is 32.1. The largest absolute Gasteiger partial charge is 0.344 e. The summed E-state index contributed by atoms with van der Waals surface area (Å²) in [7, 11) is 0. The van der Waals surface area contributed by atoms with Crippen LogP contribution in [-0.2, 0) is 9.59 Å². The third-order valence-electron chi connectivity index (χ3n) is 8.46. The van der Waals surface area contributed by atoms with E-state index in [1.54, 1.807) is 4.90 Å². The van der Waals surface area contributed by atoms with E-state index in [-0.39, 0.29) is 23.6 Å². The first-order chi connectivity index (χ1) is 19.1. The second-order valence-corrected chi connectivity index (χ2v) is 11.9. The van der Waals surface area contributed by atoms with Crippen LogP contribution in [0, 0.1) is 11.8 Å². The van der Waals surface area contributed by atoms with Gasteiger partial charge in [0.1, 0.15) is 6.04 Å². The van der Waals surface area contributed by atoms with Crippen molar-refractivity contribution in [3.8, 4) is 0 Å². The number of hydrogen-bond acceptors (Lipinski definition) is 8. The number of nitrogens with two attached hydrogens (primary N) is 1. The quantitative estimate of drug-likeness (QED) is 0.0884. The van der Waals surface area contributed by atoms with Crippen LogP contribution in [0.2, 0.25) is 0 Å². The van der Waals surface area contributed by atoms with Crippen LogP contribution in [0.25, 0.3) is 10.2 Å². The normalized spacial score (nSPS) is 25.9. The molecule has 5 rings (SSSR count). The summed E-state index contributed by atoms with van der Waals surface area (Å²) in [6.07, 6.45) is 9.58. The van der Waals surface area contributed by atoms with Crippen LogP contribution >= 0.6 is 11.3 Å². The van der Waals surface area contributed by atoms with Crippen molar-refractivity contribution in [2.45, 2.75) is 75.9 Å². The number of piperidine rings is 1. The molecule has 2 saturated heterocycles. The molecular weight excluding hydrogens is 514 g/mol. The number of aliphatic imine (C=N–C) groups is 1. The first kappa shape index (κ1) is 27.7. The van der Waals surface area contributed by atoms with Gasteiger partial charge in [-0.15, -0.1) is 11.3 Å². The highest BCUT2D eigenvalue weighted by molar-refractivity contribution is 7.20. The Labute approximate surface area is 233 Å². The number of para-hydroxylation sites is 1. The lowest BCUT2D eigenvalue weighted by Gasteiger charge is -2.43. The molecule has 5 atom stereocenters. The Bertz CT molecular complexity index is 1170. The number of hydrazine groups is 1. The molecule has 0 spiro atoms. The fraction of sp³-hybridized carbons (Fsp3) is 0.607. The van der Waals surface area contributed by atoms with Gasteiger partial charge in [0.25, 0.3) is 0 Å². The number of aromatic nitrogens is 1. The summed E-state index contributed by atoms with van der Waals surface area (Å²) in [5.41, 5.74) is 3.14. The highest BCUT2D eigenvalue weighted by Gasteiger charge is 2.44. The van der Waals surface area contributed by atoms with Crippen molar-refractivity contribution in [1.82, 2.24) is 25.9 Å². The zero-order valence-corrected chi connectivity index (χ0v) is 23.1. The number of amides is 2. The Morgan fingerprint density at radius 2 is 2.03 bits per heavy atom. The number of carbonyl (C=O) groups excluding carboxylic acids is 3. The van der Waals surface area contributed by atoms with Gasteiger partial charge in [-0.2, -0.15) is 0 Å². The summed E-state index contributed by atoms with van der Waals surface area (Å²) >= 11 is 1.33. The Morgan fingerprint density at radius 1 is 1.18 bits per heavy atom. The smallest absolute Gasteiger partial charge is 0.243 e. The SMILES string of the molecule is NNC=NCCC[C@H](NC(=O)[C@@H]1CCCN1C(=O)[C@@H]1NCC[C@H]2CCCC[C@H]21)C(=O)c1nc2ccccc2s1. The molecule has 2 aromatic rings. The number of likely N-dealkylation sites (tertiary alicyclic amines) is 1. The maximum Gasteiger partial charge on any atom is 0.243 e. The zero-order valence-electron chi connectivity index (χ0n) is 22.3. The number of nitrogens with zero attached hydrogens (tertiary/aromatic N) is 3. The molecule has 39 heavy (non-hydrogen) atoms. The molecule has 0 bridgehead atoms. The van der Waals surface area contributed by atoms with Crippen LogP contribution < -0.4 is 21.9 Å². The summed E-state index contributed by atoms with van der Waals surface area (Å²) in [5.74, 6) is 5.76. The first-order valence-electron chi connectivity index (χ1n) is 14.2. The highest BCUT2D eigenvalue weighted by Crippen LogP contribution is 2.38. The predicted octanol–water partition coefficient (Wildman–Crippen LogP) is 2.39. The van der Waals surface area contributed by atoms with Gasteiger partial charge in [-0.3, -0.25) is 19.4 Å². The van der Waals surface area contributed by atoms with Crippen molar-refractivity contribution < 1.29 is 14.4 Å². The molecule has 2 amide bonds. The van der Waals surface area contributed by atoms with Gasteiger partial charge in [0, 0.05) is 13.1 Å². The minimum Gasteiger partial charge on any atom is -0.344 e. The van der Waals surface area contributed by atoms with E-state index in [4.69, 9.17) is 5.84 Å². The lowest BCUT2D eigenvalue weighted by atomic mass is 9.71. The maximum absolute atomic E-state index is 13.8. The minimum atomic E-state index is -0.743. The van der Waals surface area contributed by atoms with Gasteiger partial charge < -0.3 is 21.0 Å². The van der Waals surface area contributed by atoms with Crippen LogP contribution in [0.15, 0.2) is 29.3 Å². The van der Waals surface area contributed by atoms with Crippen molar-refractivity contribution >= 4 is 45.5 Å². The number of ketones is 1. The van der Waals surface area contributed by atoms with E-state index in [1.807, 2.05) is 24.3 Å². The van der Waals surface area contributed by atoms with E-state index in [9.17, 15) is 14.4 Å². The average Bonchev–Trinajstić information content (AvgIpc) is 3.63. The second-order valence-electron chi connectivity index (χ2n) is 10.9. The van der Waals surface area contributed by atoms with Gasteiger partial charge in [0.2, 0.25) is 17.6 Å². The van der Waals surface area contributed by atoms with Gasteiger partial charge in [-0.05, 0) is 69.0 Å². The summed E-state index contributed by atoms with van der Waals surface area (Å²) < 4.78 is 0.929. The molecule has 0 unspecified atom stereocenters. The number of fused-ring (bicyclic) bond motifs is 2. The molecule has 3 fully saturated rings. The maximum atomic E-state index is 13.8. The van der Waals surface area contributed by atoms with E-state index in [1.165, 1.54) is 30.5 Å². The monoisotopic (exact) mass is 553 g/mol. The standard InChI is InChI=1S/C28H39N7O3S/c29-32-17-30-14-5-10-21(25(36)27-34-20-9-3-4-12-23(20)39-27)33-26(37)22-11-6-16-35(22)28(38)24-19-8-2-1-7-18(19)13-15-31-24/h3-4,9,12,17-19,21-22,24,31H,1-2,5-8,10-11,13-16,29H2,(H,30,32)(H,33,37)/t18-,19-,21+,22+,24-/m1/s1. The molecule has 5 N–H and O–H groups in total. The first-order valence-corrected chi connectivity index (χ1v) is 15.1. The summed E-state index contributed by atoms with van der Waals surface area (Å²) in [6, 6.07) is 6.10. The van der Waals surface area contributed by atoms with Crippen molar-refractivity contribution in [3.63, 3.8) is 0 Å². The Hall–Kier alpha value is -2.89. The molecule has 10 nitrogen and oxygen atoms in total. The van der Waals surface area contributed by atoms with Crippen molar-refractivity contribution in [2.24, 2.45) is 22.7 Å². The summed E-state index contributed by atoms with van der Waals surface area (Å²) in [5, 5.41) is 6.87. The van der Waals surface area contributed by atoms with E-state index < -0.39 is 12.1 Å². The molecule has 0 radical (unpaired) electrons. The van der Waals surface area contributed by atoms with Crippen LogP contribution in [0.3, 0.4) is 0 Å². The van der Waals surface area contributed by atoms with E-state index >= 15 is 0 Å². The van der Waals surface area contributed by atoms with Gasteiger partial charge in [-0.25, -0.2) is 10.8 Å².